The van der Waals surface area contributed by atoms with Gasteiger partial charge in [-0.25, -0.2) is 0 Å². The van der Waals surface area contributed by atoms with Crippen LogP contribution in [0.1, 0.15) is 33.1 Å². The average molecular weight is 242 g/mol. The van der Waals surface area contributed by atoms with Gasteiger partial charge in [-0.05, 0) is 12.3 Å². The fourth-order valence-electron chi connectivity index (χ4n) is 2.32. The third-order valence-corrected chi connectivity index (χ3v) is 3.38. The lowest BCUT2D eigenvalue weighted by Crippen LogP contribution is -2.35. The summed E-state index contributed by atoms with van der Waals surface area (Å²) in [5, 5.41) is 8.99. The second kappa shape index (κ2) is 6.00. The number of nitrogens with zero attached hydrogens (tertiary/aromatic N) is 1. The Kier molecular flexibility index (Phi) is 4.93. The summed E-state index contributed by atoms with van der Waals surface area (Å²) in [4.78, 5) is 24.5. The van der Waals surface area contributed by atoms with Gasteiger partial charge in [0.25, 0.3) is 0 Å². The predicted octanol–water partition coefficient (Wildman–Crippen LogP) is 0.683. The van der Waals surface area contributed by atoms with E-state index in [1.165, 1.54) is 0 Å². The van der Waals surface area contributed by atoms with E-state index in [9.17, 15) is 9.59 Å². The molecule has 0 aromatic rings. The summed E-state index contributed by atoms with van der Waals surface area (Å²) in [5.41, 5.74) is 5.82. The highest BCUT2D eigenvalue weighted by Gasteiger charge is 2.36. The second-order valence-corrected chi connectivity index (χ2v) is 4.97. The van der Waals surface area contributed by atoms with Crippen LogP contribution in [-0.4, -0.2) is 41.0 Å². The molecule has 0 radical (unpaired) electrons. The van der Waals surface area contributed by atoms with Crippen molar-refractivity contribution in [1.82, 2.24) is 4.90 Å². The van der Waals surface area contributed by atoms with Gasteiger partial charge in [0.05, 0.1) is 5.92 Å². The smallest absolute Gasteiger partial charge is 0.308 e. The van der Waals surface area contributed by atoms with E-state index in [2.05, 4.69) is 0 Å². The van der Waals surface area contributed by atoms with Gasteiger partial charge in [0.2, 0.25) is 5.91 Å². The Bertz CT molecular complexity index is 293. The second-order valence-electron chi connectivity index (χ2n) is 4.97. The molecule has 3 atom stereocenters. The Morgan fingerprint density at radius 1 is 1.47 bits per heavy atom. The van der Waals surface area contributed by atoms with Gasteiger partial charge in [0.15, 0.2) is 0 Å². The summed E-state index contributed by atoms with van der Waals surface area (Å²) >= 11 is 0. The first-order valence-corrected chi connectivity index (χ1v) is 6.21. The summed E-state index contributed by atoms with van der Waals surface area (Å²) in [7, 11) is 0. The minimum Gasteiger partial charge on any atom is -0.481 e. The van der Waals surface area contributed by atoms with Crippen LogP contribution in [0, 0.1) is 11.8 Å². The third-order valence-electron chi connectivity index (χ3n) is 3.38. The van der Waals surface area contributed by atoms with Crippen molar-refractivity contribution < 1.29 is 14.7 Å². The molecule has 0 aliphatic carbocycles. The number of amides is 1. The molecule has 5 heteroatoms. The van der Waals surface area contributed by atoms with Crippen molar-refractivity contribution in [2.24, 2.45) is 17.6 Å². The van der Waals surface area contributed by atoms with E-state index in [4.69, 9.17) is 10.8 Å². The molecule has 0 aromatic heterocycles. The van der Waals surface area contributed by atoms with Gasteiger partial charge < -0.3 is 15.7 Å². The summed E-state index contributed by atoms with van der Waals surface area (Å²) in [6, 6.07) is -0.105. The number of hydrogen-bond donors (Lipinski definition) is 2. The van der Waals surface area contributed by atoms with Crippen molar-refractivity contribution in [2.45, 2.75) is 39.2 Å². The van der Waals surface area contributed by atoms with Gasteiger partial charge >= 0.3 is 5.97 Å². The number of rotatable bonds is 5. The molecule has 0 bridgehead atoms. The number of carboxylic acids is 1. The van der Waals surface area contributed by atoms with Gasteiger partial charge in [-0.3, -0.25) is 9.59 Å². The molecule has 98 valence electrons. The van der Waals surface area contributed by atoms with Crippen molar-refractivity contribution in [3.63, 3.8) is 0 Å². The zero-order valence-electron chi connectivity index (χ0n) is 10.6. The van der Waals surface area contributed by atoms with Crippen LogP contribution < -0.4 is 5.73 Å². The number of carboxylic acid groups (broad SMARTS) is 1. The van der Waals surface area contributed by atoms with E-state index >= 15 is 0 Å². The lowest BCUT2D eigenvalue weighted by atomic mass is 9.99. The summed E-state index contributed by atoms with van der Waals surface area (Å²) in [6.07, 6.45) is 2.12. The number of aliphatic carboxylic acids is 1. The molecule has 0 saturated carbocycles. The zero-order chi connectivity index (χ0) is 13.0. The maximum absolute atomic E-state index is 11.9. The molecule has 1 aliphatic heterocycles. The van der Waals surface area contributed by atoms with Crippen LogP contribution in [-0.2, 0) is 9.59 Å². The first kappa shape index (κ1) is 14.0. The molecular formula is C12H22N2O3. The molecule has 0 aromatic carbocycles. The van der Waals surface area contributed by atoms with Crippen LogP contribution in [0.4, 0.5) is 0 Å². The summed E-state index contributed by atoms with van der Waals surface area (Å²) in [6.45, 7) is 4.77. The Balaban J connectivity index is 2.47. The van der Waals surface area contributed by atoms with Crippen LogP contribution in [0.3, 0.4) is 0 Å². The fraction of sp³-hybridized carbons (Fsp3) is 0.833. The van der Waals surface area contributed by atoms with Crippen molar-refractivity contribution in [2.75, 3.05) is 13.1 Å². The SMILES string of the molecule is CCCC(N)CC(=O)N1CC(C)C(C(=O)O)C1. The molecule has 1 amide bonds. The highest BCUT2D eigenvalue weighted by atomic mass is 16.4. The molecule has 17 heavy (non-hydrogen) atoms. The highest BCUT2D eigenvalue weighted by molar-refractivity contribution is 5.79. The molecule has 1 heterocycles. The molecule has 5 nitrogen and oxygen atoms in total. The zero-order valence-corrected chi connectivity index (χ0v) is 10.6. The summed E-state index contributed by atoms with van der Waals surface area (Å²) < 4.78 is 0. The molecule has 1 fully saturated rings. The standard InChI is InChI=1S/C12H22N2O3/c1-3-4-9(13)5-11(15)14-6-8(2)10(7-14)12(16)17/h8-10H,3-7,13H2,1-2H3,(H,16,17). The normalized spacial score (nSPS) is 25.9. The van der Waals surface area contributed by atoms with E-state index in [-0.39, 0.29) is 17.9 Å². The van der Waals surface area contributed by atoms with Crippen LogP contribution in [0.25, 0.3) is 0 Å². The topological polar surface area (TPSA) is 83.6 Å². The third kappa shape index (κ3) is 3.70. The first-order valence-electron chi connectivity index (χ1n) is 6.21. The molecule has 1 rings (SSSR count). The Labute approximate surface area is 102 Å². The maximum Gasteiger partial charge on any atom is 0.308 e. The molecule has 1 aliphatic rings. The van der Waals surface area contributed by atoms with E-state index in [0.717, 1.165) is 12.8 Å². The Hall–Kier alpha value is -1.10. The number of nitrogens with two attached hydrogens (primary N) is 1. The van der Waals surface area contributed by atoms with Gasteiger partial charge in [0.1, 0.15) is 0 Å². The Morgan fingerprint density at radius 3 is 2.59 bits per heavy atom. The van der Waals surface area contributed by atoms with Crippen LogP contribution in [0.5, 0.6) is 0 Å². The van der Waals surface area contributed by atoms with Crippen molar-refractivity contribution >= 4 is 11.9 Å². The molecule has 1 saturated heterocycles. The number of likely N-dealkylation sites (tertiary alicyclic amines) is 1. The van der Waals surface area contributed by atoms with Gasteiger partial charge in [-0.1, -0.05) is 20.3 Å². The lowest BCUT2D eigenvalue weighted by molar-refractivity contribution is -0.142. The van der Waals surface area contributed by atoms with E-state index in [1.54, 1.807) is 4.90 Å². The van der Waals surface area contributed by atoms with Crippen LogP contribution in [0.15, 0.2) is 0 Å². The lowest BCUT2D eigenvalue weighted by Gasteiger charge is -2.18. The van der Waals surface area contributed by atoms with Crippen molar-refractivity contribution in [1.29, 1.82) is 0 Å². The van der Waals surface area contributed by atoms with E-state index < -0.39 is 11.9 Å². The van der Waals surface area contributed by atoms with E-state index in [1.807, 2.05) is 13.8 Å². The quantitative estimate of drug-likeness (QED) is 0.742. The van der Waals surface area contributed by atoms with Crippen LogP contribution in [0.2, 0.25) is 0 Å². The summed E-state index contributed by atoms with van der Waals surface area (Å²) in [5.74, 6) is -1.23. The predicted molar refractivity (Wildman–Crippen MR) is 64.4 cm³/mol. The Morgan fingerprint density at radius 2 is 2.12 bits per heavy atom. The largest absolute Gasteiger partial charge is 0.481 e. The van der Waals surface area contributed by atoms with E-state index in [0.29, 0.717) is 19.5 Å². The molecule has 0 spiro atoms. The number of carbonyl (C=O) groups excluding carboxylic acids is 1. The van der Waals surface area contributed by atoms with Gasteiger partial charge in [-0.2, -0.15) is 0 Å². The average Bonchev–Trinajstić information content (AvgIpc) is 2.60. The minimum atomic E-state index is -0.814. The van der Waals surface area contributed by atoms with Gasteiger partial charge in [-0.15, -0.1) is 0 Å². The van der Waals surface area contributed by atoms with Crippen molar-refractivity contribution in [3.05, 3.63) is 0 Å². The van der Waals surface area contributed by atoms with Gasteiger partial charge in [0, 0.05) is 25.6 Å². The fourth-order valence-corrected chi connectivity index (χ4v) is 2.32. The maximum atomic E-state index is 11.9. The minimum absolute atomic E-state index is 0.0125. The molecule has 3 unspecified atom stereocenters. The first-order chi connectivity index (χ1) is 7.95. The molecule has 3 N–H and O–H groups in total. The van der Waals surface area contributed by atoms with Crippen LogP contribution >= 0.6 is 0 Å². The molecular weight excluding hydrogens is 220 g/mol. The number of hydrogen-bond acceptors (Lipinski definition) is 3. The monoisotopic (exact) mass is 242 g/mol. The highest BCUT2D eigenvalue weighted by Crippen LogP contribution is 2.23. The van der Waals surface area contributed by atoms with Crippen molar-refractivity contribution in [3.8, 4) is 0 Å². The number of carbonyl (C=O) groups is 2.